The molecule has 3 aromatic carbocycles. The van der Waals surface area contributed by atoms with E-state index in [1.807, 2.05) is 0 Å². The van der Waals surface area contributed by atoms with Crippen LogP contribution in [0.25, 0.3) is 10.9 Å². The fourth-order valence-electron chi connectivity index (χ4n) is 3.16. The van der Waals surface area contributed by atoms with E-state index in [-0.39, 0.29) is 6.61 Å². The smallest absolute Gasteiger partial charge is 0.349 e. The molecule has 0 spiro atoms. The van der Waals surface area contributed by atoms with Crippen molar-refractivity contribution in [2.75, 3.05) is 7.11 Å². The molecule has 0 atom stereocenters. The van der Waals surface area contributed by atoms with Crippen LogP contribution in [0, 0.1) is 0 Å². The first-order valence-electron chi connectivity index (χ1n) is 9.60. The highest BCUT2D eigenvalue weighted by Gasteiger charge is 2.14. The molecular weight excluding hydrogens is 489 g/mol. The predicted molar refractivity (Wildman–Crippen MR) is 131 cm³/mol. The van der Waals surface area contributed by atoms with E-state index >= 15 is 0 Å². The first kappa shape index (κ1) is 22.9. The lowest BCUT2D eigenvalue weighted by Gasteiger charge is -2.14. The normalized spacial score (nSPS) is 11.3. The topological polar surface area (TPSA) is 85.7 Å². The van der Waals surface area contributed by atoms with E-state index in [2.05, 4.69) is 10.1 Å². The summed E-state index contributed by atoms with van der Waals surface area (Å²) in [4.78, 5) is 27.8. The average molecular weight is 505 g/mol. The van der Waals surface area contributed by atoms with Gasteiger partial charge < -0.3 is 14.5 Å². The third-order valence-corrected chi connectivity index (χ3v) is 5.56. The molecule has 0 fully saturated rings. The van der Waals surface area contributed by atoms with Crippen LogP contribution in [-0.2, 0) is 6.61 Å². The van der Waals surface area contributed by atoms with Gasteiger partial charge in [-0.2, -0.15) is 5.10 Å². The second-order valence-electron chi connectivity index (χ2n) is 6.89. The molecular formula is C23H16Cl3N3O4. The van der Waals surface area contributed by atoms with Crippen LogP contribution in [0.3, 0.4) is 0 Å². The molecule has 0 aliphatic rings. The van der Waals surface area contributed by atoms with Gasteiger partial charge in [0.2, 0.25) is 0 Å². The number of aromatic amines is 1. The molecule has 168 valence electrons. The van der Waals surface area contributed by atoms with Crippen LogP contribution in [0.5, 0.6) is 11.5 Å². The van der Waals surface area contributed by atoms with E-state index in [9.17, 15) is 9.59 Å². The van der Waals surface area contributed by atoms with Crippen molar-refractivity contribution < 1.29 is 9.47 Å². The second kappa shape index (κ2) is 9.70. The Hall–Kier alpha value is -3.26. The number of fused-ring (bicyclic) bond motifs is 1. The average Bonchev–Trinajstić information content (AvgIpc) is 2.78. The number of ether oxygens (including phenoxy) is 2. The Bertz CT molecular complexity index is 1500. The van der Waals surface area contributed by atoms with E-state index in [1.165, 1.54) is 13.3 Å². The van der Waals surface area contributed by atoms with Gasteiger partial charge in [0.25, 0.3) is 5.56 Å². The van der Waals surface area contributed by atoms with Gasteiger partial charge >= 0.3 is 5.69 Å². The number of nitrogens with zero attached hydrogens (tertiary/aromatic N) is 2. The number of H-pyrrole nitrogens is 1. The van der Waals surface area contributed by atoms with Crippen molar-refractivity contribution in [2.24, 2.45) is 5.10 Å². The molecule has 0 radical (unpaired) electrons. The van der Waals surface area contributed by atoms with Gasteiger partial charge in [-0.1, -0.05) is 53.0 Å². The summed E-state index contributed by atoms with van der Waals surface area (Å²) < 4.78 is 12.1. The third kappa shape index (κ3) is 4.90. The number of halogens is 3. The number of hydrogen-bond acceptors (Lipinski definition) is 5. The molecule has 10 heteroatoms. The van der Waals surface area contributed by atoms with Crippen molar-refractivity contribution in [3.8, 4) is 11.5 Å². The van der Waals surface area contributed by atoms with Crippen molar-refractivity contribution in [3.63, 3.8) is 0 Å². The van der Waals surface area contributed by atoms with E-state index in [0.29, 0.717) is 48.6 Å². The van der Waals surface area contributed by atoms with Gasteiger partial charge in [0.05, 0.1) is 24.2 Å². The van der Waals surface area contributed by atoms with Gasteiger partial charge in [-0.25, -0.2) is 4.79 Å². The number of methoxy groups -OCH3 is 1. The van der Waals surface area contributed by atoms with Crippen LogP contribution < -0.4 is 20.7 Å². The molecule has 1 heterocycles. The van der Waals surface area contributed by atoms with Crippen LogP contribution in [-0.4, -0.2) is 23.0 Å². The molecule has 0 saturated heterocycles. The number of aromatic nitrogens is 2. The Balaban J connectivity index is 1.74. The number of benzene rings is 3. The van der Waals surface area contributed by atoms with E-state index in [4.69, 9.17) is 44.3 Å². The van der Waals surface area contributed by atoms with Gasteiger partial charge in [0.15, 0.2) is 11.5 Å². The highest BCUT2D eigenvalue weighted by molar-refractivity contribution is 6.35. The molecule has 0 bridgehead atoms. The lowest BCUT2D eigenvalue weighted by molar-refractivity contribution is 0.284. The molecule has 1 N–H and O–H groups in total. The molecule has 0 saturated carbocycles. The molecule has 0 aliphatic heterocycles. The minimum absolute atomic E-state index is 0.103. The highest BCUT2D eigenvalue weighted by atomic mass is 35.5. The van der Waals surface area contributed by atoms with Crippen LogP contribution in [0.4, 0.5) is 0 Å². The summed E-state index contributed by atoms with van der Waals surface area (Å²) in [5, 5.41) is 5.71. The number of rotatable bonds is 6. The Kier molecular flexibility index (Phi) is 6.74. The minimum Gasteiger partial charge on any atom is -0.493 e. The van der Waals surface area contributed by atoms with Crippen molar-refractivity contribution >= 4 is 51.9 Å². The van der Waals surface area contributed by atoms with Gasteiger partial charge in [-0.15, -0.1) is 4.68 Å². The molecule has 7 nitrogen and oxygen atoms in total. The van der Waals surface area contributed by atoms with Gasteiger partial charge in [-0.3, -0.25) is 4.79 Å². The first-order valence-corrected chi connectivity index (χ1v) is 10.7. The summed E-state index contributed by atoms with van der Waals surface area (Å²) in [6.45, 7) is 0.103. The maximum absolute atomic E-state index is 12.7. The molecule has 1 aromatic heterocycles. The molecule has 4 rings (SSSR count). The van der Waals surface area contributed by atoms with Crippen molar-refractivity contribution in [2.45, 2.75) is 6.61 Å². The van der Waals surface area contributed by atoms with Crippen LogP contribution in [0.2, 0.25) is 15.1 Å². The molecule has 4 aromatic rings. The maximum atomic E-state index is 12.7. The number of nitrogens with one attached hydrogen (secondary N) is 1. The zero-order valence-electron chi connectivity index (χ0n) is 17.1. The van der Waals surface area contributed by atoms with E-state index in [0.717, 1.165) is 4.68 Å². The Morgan fingerprint density at radius 2 is 1.82 bits per heavy atom. The zero-order valence-corrected chi connectivity index (χ0v) is 19.4. The van der Waals surface area contributed by atoms with Crippen LogP contribution in [0.15, 0.2) is 69.3 Å². The highest BCUT2D eigenvalue weighted by Crippen LogP contribution is 2.35. The maximum Gasteiger partial charge on any atom is 0.349 e. The van der Waals surface area contributed by atoms with Crippen LogP contribution >= 0.6 is 34.8 Å². The lowest BCUT2D eigenvalue weighted by Crippen LogP contribution is -2.32. The quantitative estimate of drug-likeness (QED) is 0.369. The lowest BCUT2D eigenvalue weighted by atomic mass is 10.2. The summed E-state index contributed by atoms with van der Waals surface area (Å²) in [5.74, 6) is 0.649. The van der Waals surface area contributed by atoms with Gasteiger partial charge in [0, 0.05) is 32.3 Å². The second-order valence-corrected chi connectivity index (χ2v) is 8.17. The SMILES string of the molecule is COc1cc(Cl)cc(C=Nn2c(=O)[nH]c3ccccc3c2=O)c1OCc1ccc(Cl)cc1Cl. The fraction of sp³-hybridized carbons (Fsp3) is 0.0870. The zero-order chi connectivity index (χ0) is 23.5. The van der Waals surface area contributed by atoms with Crippen molar-refractivity contribution in [3.05, 3.63) is 102 Å². The molecule has 33 heavy (non-hydrogen) atoms. The minimum atomic E-state index is -0.681. The Morgan fingerprint density at radius 3 is 2.58 bits per heavy atom. The standard InChI is InChI=1S/C23H16Cl3N3O4/c1-32-20-10-16(25)8-14(21(20)33-12-13-6-7-15(24)9-18(13)26)11-27-29-22(30)17-4-2-3-5-19(17)28-23(29)31/h2-11H,12H2,1H3,(H,28,31). The molecule has 0 unspecified atom stereocenters. The van der Waals surface area contributed by atoms with Gasteiger partial charge in [0.1, 0.15) is 6.61 Å². The Labute approximate surface area is 202 Å². The summed E-state index contributed by atoms with van der Waals surface area (Å²) >= 11 is 18.4. The predicted octanol–water partition coefficient (Wildman–Crippen LogP) is 5.12. The third-order valence-electron chi connectivity index (χ3n) is 4.75. The summed E-state index contributed by atoms with van der Waals surface area (Å²) in [7, 11) is 1.47. The fourth-order valence-corrected chi connectivity index (χ4v) is 3.84. The largest absolute Gasteiger partial charge is 0.493 e. The number of para-hydroxylation sites is 1. The first-order chi connectivity index (χ1) is 15.9. The summed E-state index contributed by atoms with van der Waals surface area (Å²) in [6, 6.07) is 14.9. The van der Waals surface area contributed by atoms with Gasteiger partial charge in [-0.05, 0) is 30.3 Å². The summed E-state index contributed by atoms with van der Waals surface area (Å²) in [5.41, 5.74) is 0.272. The van der Waals surface area contributed by atoms with E-state index < -0.39 is 11.2 Å². The van der Waals surface area contributed by atoms with E-state index in [1.54, 1.807) is 54.6 Å². The van der Waals surface area contributed by atoms with Crippen molar-refractivity contribution in [1.29, 1.82) is 0 Å². The number of hydrogen-bond donors (Lipinski definition) is 1. The summed E-state index contributed by atoms with van der Waals surface area (Å²) in [6.07, 6.45) is 1.30. The Morgan fingerprint density at radius 1 is 1.03 bits per heavy atom. The van der Waals surface area contributed by atoms with Crippen LogP contribution in [0.1, 0.15) is 11.1 Å². The molecule has 0 aliphatic carbocycles. The van der Waals surface area contributed by atoms with Crippen molar-refractivity contribution in [1.82, 2.24) is 9.66 Å². The monoisotopic (exact) mass is 503 g/mol. The molecule has 0 amide bonds.